The lowest BCUT2D eigenvalue weighted by atomic mass is 9.97. The van der Waals surface area contributed by atoms with Crippen LogP contribution >= 0.6 is 27.5 Å². The van der Waals surface area contributed by atoms with Gasteiger partial charge in [-0.2, -0.15) is 0 Å². The molecule has 1 unspecified atom stereocenters. The number of methoxy groups -OCH3 is 1. The zero-order valence-corrected chi connectivity index (χ0v) is 14.8. The van der Waals surface area contributed by atoms with E-state index in [9.17, 15) is 0 Å². The number of rotatable bonds is 5. The largest absolute Gasteiger partial charge is 0.496 e. The number of hydrogen-bond acceptors (Lipinski definition) is 2. The Labute approximate surface area is 139 Å². The number of halogens is 2. The van der Waals surface area contributed by atoms with E-state index >= 15 is 0 Å². The average molecular weight is 369 g/mol. The van der Waals surface area contributed by atoms with Crippen molar-refractivity contribution in [3.63, 3.8) is 0 Å². The van der Waals surface area contributed by atoms with E-state index in [0.717, 1.165) is 32.9 Å². The summed E-state index contributed by atoms with van der Waals surface area (Å²) in [5.74, 6) is 0.902. The molecule has 1 N–H and O–H groups in total. The highest BCUT2D eigenvalue weighted by Gasteiger charge is 2.17. The lowest BCUT2D eigenvalue weighted by Crippen LogP contribution is -2.22. The molecule has 0 heterocycles. The number of benzene rings is 2. The Morgan fingerprint density at radius 3 is 2.62 bits per heavy atom. The lowest BCUT2D eigenvalue weighted by molar-refractivity contribution is 0.411. The molecule has 21 heavy (non-hydrogen) atoms. The Kier molecular flexibility index (Phi) is 5.68. The first-order valence-electron chi connectivity index (χ1n) is 6.89. The fraction of sp³-hybridized carbons (Fsp3) is 0.294. The second kappa shape index (κ2) is 7.30. The molecule has 4 heteroatoms. The van der Waals surface area contributed by atoms with Gasteiger partial charge in [-0.15, -0.1) is 0 Å². The molecule has 0 saturated heterocycles. The molecule has 0 bridgehead atoms. The summed E-state index contributed by atoms with van der Waals surface area (Å²) < 4.78 is 6.38. The zero-order chi connectivity index (χ0) is 15.4. The van der Waals surface area contributed by atoms with Crippen LogP contribution in [0.25, 0.3) is 0 Å². The van der Waals surface area contributed by atoms with Gasteiger partial charge in [0.15, 0.2) is 0 Å². The molecule has 0 spiro atoms. The van der Waals surface area contributed by atoms with Crippen LogP contribution in [-0.4, -0.2) is 13.7 Å². The van der Waals surface area contributed by atoms with Gasteiger partial charge < -0.3 is 10.1 Å². The molecular formula is C17H19BrClNO. The molecule has 0 aromatic heterocycles. The smallest absolute Gasteiger partial charge is 0.121 e. The fourth-order valence-corrected chi connectivity index (χ4v) is 3.08. The van der Waals surface area contributed by atoms with E-state index in [1.165, 1.54) is 5.56 Å². The first-order valence-corrected chi connectivity index (χ1v) is 8.06. The van der Waals surface area contributed by atoms with Gasteiger partial charge in [-0.1, -0.05) is 46.6 Å². The van der Waals surface area contributed by atoms with Crippen LogP contribution in [0.5, 0.6) is 5.75 Å². The molecule has 0 aliphatic heterocycles. The maximum atomic E-state index is 6.16. The van der Waals surface area contributed by atoms with Gasteiger partial charge in [-0.05, 0) is 54.4 Å². The maximum absolute atomic E-state index is 6.16. The van der Waals surface area contributed by atoms with E-state index in [0.29, 0.717) is 0 Å². The summed E-state index contributed by atoms with van der Waals surface area (Å²) in [5.41, 5.74) is 3.45. The van der Waals surface area contributed by atoms with Crippen molar-refractivity contribution in [1.29, 1.82) is 0 Å². The van der Waals surface area contributed by atoms with Gasteiger partial charge in [-0.25, -0.2) is 0 Å². The standard InChI is InChI=1S/C17H19BrClNO/c1-4-20-17(14-10-13(19)6-7-15(14)18)12-5-8-16(21-3)11(2)9-12/h5-10,17,20H,4H2,1-3H3. The van der Waals surface area contributed by atoms with Crippen molar-refractivity contribution in [3.8, 4) is 5.75 Å². The van der Waals surface area contributed by atoms with E-state index in [1.807, 2.05) is 24.3 Å². The SMILES string of the molecule is CCNC(c1ccc(OC)c(C)c1)c1cc(Cl)ccc1Br. The minimum Gasteiger partial charge on any atom is -0.496 e. The van der Waals surface area contributed by atoms with Crippen molar-refractivity contribution in [2.45, 2.75) is 19.9 Å². The van der Waals surface area contributed by atoms with E-state index in [2.05, 4.69) is 47.2 Å². The second-order valence-corrected chi connectivity index (χ2v) is 6.18. The number of aryl methyl sites for hydroxylation is 1. The second-order valence-electron chi connectivity index (χ2n) is 4.89. The third kappa shape index (κ3) is 3.79. The molecular weight excluding hydrogens is 350 g/mol. The molecule has 2 nitrogen and oxygen atoms in total. The molecule has 112 valence electrons. The van der Waals surface area contributed by atoms with Crippen molar-refractivity contribution >= 4 is 27.5 Å². The monoisotopic (exact) mass is 367 g/mol. The molecule has 0 aliphatic rings. The number of nitrogens with one attached hydrogen (secondary N) is 1. The predicted octanol–water partition coefficient (Wildman–Crippen LogP) is 5.12. The van der Waals surface area contributed by atoms with E-state index in [1.54, 1.807) is 7.11 Å². The summed E-state index contributed by atoms with van der Waals surface area (Å²) in [7, 11) is 1.69. The van der Waals surface area contributed by atoms with Crippen LogP contribution in [0.3, 0.4) is 0 Å². The van der Waals surface area contributed by atoms with Gasteiger partial charge in [0.25, 0.3) is 0 Å². The summed E-state index contributed by atoms with van der Waals surface area (Å²) in [5, 5.41) is 4.26. The Balaban J connectivity index is 2.48. The van der Waals surface area contributed by atoms with E-state index in [4.69, 9.17) is 16.3 Å². The summed E-state index contributed by atoms with van der Waals surface area (Å²) in [6, 6.07) is 12.2. The topological polar surface area (TPSA) is 21.3 Å². The molecule has 2 aromatic rings. The summed E-state index contributed by atoms with van der Waals surface area (Å²) >= 11 is 9.78. The summed E-state index contributed by atoms with van der Waals surface area (Å²) in [6.45, 7) is 5.02. The predicted molar refractivity (Wildman–Crippen MR) is 92.4 cm³/mol. The van der Waals surface area contributed by atoms with Gasteiger partial charge >= 0.3 is 0 Å². The lowest BCUT2D eigenvalue weighted by Gasteiger charge is -2.21. The Morgan fingerprint density at radius 2 is 2.00 bits per heavy atom. The third-order valence-electron chi connectivity index (χ3n) is 3.43. The normalized spacial score (nSPS) is 12.2. The quantitative estimate of drug-likeness (QED) is 0.791. The van der Waals surface area contributed by atoms with E-state index in [-0.39, 0.29) is 6.04 Å². The van der Waals surface area contributed by atoms with Crippen LogP contribution in [0.4, 0.5) is 0 Å². The van der Waals surface area contributed by atoms with Crippen LogP contribution in [0, 0.1) is 6.92 Å². The van der Waals surface area contributed by atoms with Gasteiger partial charge in [0.05, 0.1) is 13.2 Å². The van der Waals surface area contributed by atoms with Crippen LogP contribution in [0.2, 0.25) is 5.02 Å². The van der Waals surface area contributed by atoms with Crippen LogP contribution in [-0.2, 0) is 0 Å². The van der Waals surface area contributed by atoms with Gasteiger partial charge in [0.1, 0.15) is 5.75 Å². The molecule has 0 aliphatic carbocycles. The average Bonchev–Trinajstić information content (AvgIpc) is 2.47. The highest BCUT2D eigenvalue weighted by Crippen LogP contribution is 2.32. The van der Waals surface area contributed by atoms with Crippen molar-refractivity contribution < 1.29 is 4.74 Å². The van der Waals surface area contributed by atoms with Crippen LogP contribution in [0.15, 0.2) is 40.9 Å². The highest BCUT2D eigenvalue weighted by molar-refractivity contribution is 9.10. The Bertz CT molecular complexity index is 630. The van der Waals surface area contributed by atoms with Crippen LogP contribution < -0.4 is 10.1 Å². The molecule has 1 atom stereocenters. The minimum absolute atomic E-state index is 0.0904. The van der Waals surface area contributed by atoms with Crippen molar-refractivity contribution in [1.82, 2.24) is 5.32 Å². The van der Waals surface area contributed by atoms with Crippen molar-refractivity contribution in [3.05, 3.63) is 62.6 Å². The van der Waals surface area contributed by atoms with Gasteiger partial charge in [0.2, 0.25) is 0 Å². The van der Waals surface area contributed by atoms with Crippen molar-refractivity contribution in [2.75, 3.05) is 13.7 Å². The van der Waals surface area contributed by atoms with Gasteiger partial charge in [0, 0.05) is 9.50 Å². The molecule has 0 fully saturated rings. The first-order chi connectivity index (χ1) is 10.1. The summed E-state index contributed by atoms with van der Waals surface area (Å²) in [6.07, 6.45) is 0. The first kappa shape index (κ1) is 16.3. The summed E-state index contributed by atoms with van der Waals surface area (Å²) in [4.78, 5) is 0. The Hall–Kier alpha value is -1.03. The molecule has 2 aromatic carbocycles. The minimum atomic E-state index is 0.0904. The molecule has 0 amide bonds. The van der Waals surface area contributed by atoms with Crippen molar-refractivity contribution in [2.24, 2.45) is 0 Å². The third-order valence-corrected chi connectivity index (χ3v) is 4.39. The van der Waals surface area contributed by atoms with E-state index < -0.39 is 0 Å². The fourth-order valence-electron chi connectivity index (χ4n) is 2.43. The maximum Gasteiger partial charge on any atom is 0.121 e. The number of hydrogen-bond donors (Lipinski definition) is 1. The van der Waals surface area contributed by atoms with Crippen LogP contribution in [0.1, 0.15) is 29.7 Å². The molecule has 2 rings (SSSR count). The zero-order valence-electron chi connectivity index (χ0n) is 12.4. The van der Waals surface area contributed by atoms with Gasteiger partial charge in [-0.3, -0.25) is 0 Å². The Morgan fingerprint density at radius 1 is 1.24 bits per heavy atom. The molecule has 0 radical (unpaired) electrons. The number of ether oxygens (including phenoxy) is 1. The highest BCUT2D eigenvalue weighted by atomic mass is 79.9. The molecule has 0 saturated carbocycles.